The molecule has 1 aliphatic heterocycles. The summed E-state index contributed by atoms with van der Waals surface area (Å²) >= 11 is 0.870. The van der Waals surface area contributed by atoms with Crippen molar-refractivity contribution in [3.05, 3.63) is 22.6 Å². The fraction of sp³-hybridized carbons (Fsp3) is 0.550. The lowest BCUT2D eigenvalue weighted by atomic mass is 10.0. The van der Waals surface area contributed by atoms with E-state index in [9.17, 15) is 22.8 Å². The number of pyridine rings is 1. The quantitative estimate of drug-likeness (QED) is 0.621. The Morgan fingerprint density at radius 3 is 2.55 bits per heavy atom. The van der Waals surface area contributed by atoms with Gasteiger partial charge in [-0.25, -0.2) is 4.98 Å². The molecule has 2 aromatic heterocycles. The third-order valence-electron chi connectivity index (χ3n) is 5.11. The van der Waals surface area contributed by atoms with Crippen molar-refractivity contribution in [3.63, 3.8) is 0 Å². The molecule has 2 aromatic rings. The van der Waals surface area contributed by atoms with Crippen LogP contribution in [0.3, 0.4) is 0 Å². The summed E-state index contributed by atoms with van der Waals surface area (Å²) in [6.45, 7) is 4.98. The highest BCUT2D eigenvalue weighted by Gasteiger charge is 2.36. The van der Waals surface area contributed by atoms with E-state index in [0.717, 1.165) is 17.4 Å². The number of aromatic nitrogens is 1. The van der Waals surface area contributed by atoms with Crippen molar-refractivity contribution in [1.82, 2.24) is 20.9 Å². The topological polar surface area (TPSA) is 86.4 Å². The molecule has 2 amide bonds. The van der Waals surface area contributed by atoms with Crippen LogP contribution in [0.2, 0.25) is 0 Å². The van der Waals surface area contributed by atoms with Gasteiger partial charge < -0.3 is 20.9 Å². The fourth-order valence-electron chi connectivity index (χ4n) is 3.59. The molecule has 11 heteroatoms. The Bertz CT molecular complexity index is 952. The molecule has 1 saturated heterocycles. The predicted octanol–water partition coefficient (Wildman–Crippen LogP) is 2.76. The number of halogens is 3. The van der Waals surface area contributed by atoms with E-state index in [-0.39, 0.29) is 46.1 Å². The van der Waals surface area contributed by atoms with E-state index in [4.69, 9.17) is 0 Å². The number of hydrogen-bond donors (Lipinski definition) is 3. The Morgan fingerprint density at radius 2 is 1.97 bits per heavy atom. The third-order valence-corrected chi connectivity index (χ3v) is 6.11. The second-order valence-corrected chi connectivity index (χ2v) is 8.68. The average molecular weight is 458 g/mol. The normalized spacial score (nSPS) is 15.5. The van der Waals surface area contributed by atoms with Gasteiger partial charge in [0, 0.05) is 37.6 Å². The first-order chi connectivity index (χ1) is 14.6. The smallest absolute Gasteiger partial charge is 0.356 e. The van der Waals surface area contributed by atoms with Gasteiger partial charge in [-0.15, -0.1) is 11.3 Å². The zero-order valence-electron chi connectivity index (χ0n) is 17.6. The molecule has 170 valence electrons. The van der Waals surface area contributed by atoms with Gasteiger partial charge in [0.15, 0.2) is 0 Å². The van der Waals surface area contributed by atoms with Crippen LogP contribution in [0, 0.1) is 0 Å². The van der Waals surface area contributed by atoms with E-state index in [1.165, 1.54) is 12.4 Å². The molecule has 0 aliphatic carbocycles. The van der Waals surface area contributed by atoms with Crippen LogP contribution in [0.15, 0.2) is 11.4 Å². The molecular formula is C20H26F3N5O2S. The fourth-order valence-corrected chi connectivity index (χ4v) is 4.61. The van der Waals surface area contributed by atoms with Crippen molar-refractivity contribution in [2.75, 3.05) is 31.6 Å². The second-order valence-electron chi connectivity index (χ2n) is 7.80. The van der Waals surface area contributed by atoms with Crippen molar-refractivity contribution < 1.29 is 22.8 Å². The molecule has 0 atom stereocenters. The number of nitrogens with zero attached hydrogens (tertiary/aromatic N) is 2. The van der Waals surface area contributed by atoms with Gasteiger partial charge >= 0.3 is 6.18 Å². The maximum absolute atomic E-state index is 13.7. The van der Waals surface area contributed by atoms with Crippen LogP contribution in [-0.4, -0.2) is 55.6 Å². The second kappa shape index (κ2) is 9.39. The first kappa shape index (κ1) is 23.3. The SMILES string of the molecule is CNC(=O)c1csc2c(C(F)(F)F)cc(N3CCC(NCC(=O)NC(C)C)CC3)nc12. The van der Waals surface area contributed by atoms with Gasteiger partial charge in [-0.3, -0.25) is 9.59 Å². The Balaban J connectivity index is 1.77. The molecule has 0 spiro atoms. The van der Waals surface area contributed by atoms with Crippen LogP contribution in [-0.2, 0) is 11.0 Å². The number of nitrogens with one attached hydrogen (secondary N) is 3. The van der Waals surface area contributed by atoms with Crippen LogP contribution in [0.4, 0.5) is 19.0 Å². The van der Waals surface area contributed by atoms with E-state index in [1.807, 2.05) is 13.8 Å². The number of carbonyl (C=O) groups is 2. The number of anilines is 1. The monoisotopic (exact) mass is 457 g/mol. The average Bonchev–Trinajstić information content (AvgIpc) is 3.14. The number of fused-ring (bicyclic) bond motifs is 1. The minimum atomic E-state index is -4.55. The minimum Gasteiger partial charge on any atom is -0.356 e. The van der Waals surface area contributed by atoms with Gasteiger partial charge in [-0.2, -0.15) is 13.2 Å². The predicted molar refractivity (Wildman–Crippen MR) is 115 cm³/mol. The molecule has 3 rings (SSSR count). The van der Waals surface area contributed by atoms with Gasteiger partial charge in [-0.1, -0.05) is 0 Å². The van der Waals surface area contributed by atoms with Gasteiger partial charge in [0.1, 0.15) is 5.82 Å². The summed E-state index contributed by atoms with van der Waals surface area (Å²) in [5.74, 6) is -0.343. The van der Waals surface area contributed by atoms with Crippen molar-refractivity contribution in [2.45, 2.75) is 44.9 Å². The first-order valence-corrected chi connectivity index (χ1v) is 11.0. The summed E-state index contributed by atoms with van der Waals surface area (Å²) in [7, 11) is 1.43. The van der Waals surface area contributed by atoms with E-state index in [1.54, 1.807) is 4.90 Å². The van der Waals surface area contributed by atoms with Gasteiger partial charge in [0.05, 0.1) is 27.9 Å². The van der Waals surface area contributed by atoms with Crippen LogP contribution < -0.4 is 20.9 Å². The zero-order valence-corrected chi connectivity index (χ0v) is 18.4. The molecule has 31 heavy (non-hydrogen) atoms. The molecule has 3 heterocycles. The summed E-state index contributed by atoms with van der Waals surface area (Å²) in [5, 5.41) is 9.87. The summed E-state index contributed by atoms with van der Waals surface area (Å²) in [6.07, 6.45) is -3.21. The van der Waals surface area contributed by atoms with Crippen molar-refractivity contribution in [2.24, 2.45) is 0 Å². The number of alkyl halides is 3. The van der Waals surface area contributed by atoms with Crippen LogP contribution in [0.5, 0.6) is 0 Å². The number of amides is 2. The largest absolute Gasteiger partial charge is 0.417 e. The summed E-state index contributed by atoms with van der Waals surface area (Å²) in [4.78, 5) is 30.1. The highest BCUT2D eigenvalue weighted by atomic mass is 32.1. The van der Waals surface area contributed by atoms with Gasteiger partial charge in [0.25, 0.3) is 5.91 Å². The molecule has 0 aromatic carbocycles. The van der Waals surface area contributed by atoms with E-state index < -0.39 is 17.6 Å². The zero-order chi connectivity index (χ0) is 22.8. The molecule has 0 unspecified atom stereocenters. The number of hydrogen-bond acceptors (Lipinski definition) is 6. The molecular weight excluding hydrogens is 431 g/mol. The lowest BCUT2D eigenvalue weighted by molar-refractivity contribution is -0.136. The lowest BCUT2D eigenvalue weighted by Crippen LogP contribution is -2.46. The molecule has 1 aliphatic rings. The Labute approximate surface area is 182 Å². The number of piperidine rings is 1. The highest BCUT2D eigenvalue weighted by Crippen LogP contribution is 2.40. The standard InChI is InChI=1S/C20H26F3N5O2S/c1-11(2)26-16(29)9-25-12-4-6-28(7-5-12)15-8-14(20(21,22)23)18-17(27-15)13(10-31-18)19(30)24-3/h8,10-12,25H,4-7,9H2,1-3H3,(H,24,30)(H,26,29). The number of carbonyl (C=O) groups excluding carboxylic acids is 2. The van der Waals surface area contributed by atoms with Crippen LogP contribution in [0.1, 0.15) is 42.6 Å². The Morgan fingerprint density at radius 1 is 1.29 bits per heavy atom. The molecule has 0 bridgehead atoms. The highest BCUT2D eigenvalue weighted by molar-refractivity contribution is 7.17. The van der Waals surface area contributed by atoms with E-state index in [0.29, 0.717) is 25.9 Å². The molecule has 3 N–H and O–H groups in total. The van der Waals surface area contributed by atoms with E-state index >= 15 is 0 Å². The Kier molecular flexibility index (Phi) is 7.05. The molecule has 1 fully saturated rings. The molecule has 7 nitrogen and oxygen atoms in total. The molecule has 0 radical (unpaired) electrons. The third kappa shape index (κ3) is 5.45. The lowest BCUT2D eigenvalue weighted by Gasteiger charge is -2.33. The minimum absolute atomic E-state index is 0.0393. The Hall–Kier alpha value is -2.40. The van der Waals surface area contributed by atoms with Crippen molar-refractivity contribution in [3.8, 4) is 0 Å². The molecule has 0 saturated carbocycles. The van der Waals surface area contributed by atoms with Crippen LogP contribution in [0.25, 0.3) is 10.2 Å². The maximum Gasteiger partial charge on any atom is 0.417 e. The summed E-state index contributed by atoms with van der Waals surface area (Å²) in [6, 6.07) is 1.23. The van der Waals surface area contributed by atoms with E-state index in [2.05, 4.69) is 20.9 Å². The van der Waals surface area contributed by atoms with Crippen molar-refractivity contribution in [1.29, 1.82) is 0 Å². The first-order valence-electron chi connectivity index (χ1n) is 10.1. The van der Waals surface area contributed by atoms with Crippen molar-refractivity contribution >= 4 is 39.2 Å². The van der Waals surface area contributed by atoms with Crippen LogP contribution >= 0.6 is 11.3 Å². The van der Waals surface area contributed by atoms with Gasteiger partial charge in [-0.05, 0) is 32.8 Å². The summed E-state index contributed by atoms with van der Waals surface area (Å²) in [5.41, 5.74) is -0.569. The number of thiophene rings is 1. The maximum atomic E-state index is 13.7. The number of rotatable bonds is 6. The van der Waals surface area contributed by atoms with Gasteiger partial charge in [0.2, 0.25) is 5.91 Å². The summed E-state index contributed by atoms with van der Waals surface area (Å²) < 4.78 is 41.1.